The highest BCUT2D eigenvalue weighted by molar-refractivity contribution is 5.80. The molecule has 28 heavy (non-hydrogen) atoms. The summed E-state index contributed by atoms with van der Waals surface area (Å²) in [6, 6.07) is 8.50. The Balaban J connectivity index is 0.000000345. The number of aromatic amines is 1. The lowest BCUT2D eigenvalue weighted by molar-refractivity contribution is -0.192. The van der Waals surface area contributed by atoms with Gasteiger partial charge in [-0.05, 0) is 26.3 Å². The molecule has 0 spiro atoms. The van der Waals surface area contributed by atoms with Crippen LogP contribution in [-0.2, 0) is 9.59 Å². The number of aliphatic carboxylic acids is 1. The van der Waals surface area contributed by atoms with E-state index >= 15 is 0 Å². The van der Waals surface area contributed by atoms with Gasteiger partial charge in [-0.1, -0.05) is 24.3 Å². The number of aromatic nitrogens is 2. The summed E-state index contributed by atoms with van der Waals surface area (Å²) in [7, 11) is 0. The topological polar surface area (TPSA) is 86.3 Å². The molecule has 1 aliphatic rings. The average molecular weight is 397 g/mol. The zero-order chi connectivity index (χ0) is 21.1. The monoisotopic (exact) mass is 397 g/mol. The minimum Gasteiger partial charge on any atom is -0.475 e. The van der Waals surface area contributed by atoms with Crippen molar-refractivity contribution >= 4 is 11.9 Å². The van der Waals surface area contributed by atoms with Gasteiger partial charge in [0.1, 0.15) is 5.82 Å². The number of amides is 1. The molecule has 1 fully saturated rings. The molecule has 3 rings (SSSR count). The Morgan fingerprint density at radius 3 is 2.43 bits per heavy atom. The van der Waals surface area contributed by atoms with Gasteiger partial charge in [0.25, 0.3) is 0 Å². The number of alkyl halides is 3. The van der Waals surface area contributed by atoms with Crippen LogP contribution in [0.4, 0.5) is 13.2 Å². The first kappa shape index (κ1) is 21.5. The van der Waals surface area contributed by atoms with Crippen LogP contribution in [0.15, 0.2) is 30.5 Å². The molecule has 2 heterocycles. The molecule has 0 radical (unpaired) electrons. The first-order valence-electron chi connectivity index (χ1n) is 8.71. The van der Waals surface area contributed by atoms with Crippen molar-refractivity contribution in [1.29, 1.82) is 0 Å². The Bertz CT molecular complexity index is 846. The second kappa shape index (κ2) is 8.45. The van der Waals surface area contributed by atoms with E-state index in [1.807, 2.05) is 23.2 Å². The van der Waals surface area contributed by atoms with Crippen molar-refractivity contribution in [3.05, 3.63) is 41.9 Å². The molecule has 1 aromatic heterocycles. The van der Waals surface area contributed by atoms with Gasteiger partial charge in [-0.25, -0.2) is 9.78 Å². The van der Waals surface area contributed by atoms with Crippen LogP contribution >= 0.6 is 0 Å². The summed E-state index contributed by atoms with van der Waals surface area (Å²) in [4.78, 5) is 30.8. The van der Waals surface area contributed by atoms with Crippen molar-refractivity contribution in [2.24, 2.45) is 0 Å². The lowest BCUT2D eigenvalue weighted by Gasteiger charge is -2.20. The zero-order valence-corrected chi connectivity index (χ0v) is 15.7. The summed E-state index contributed by atoms with van der Waals surface area (Å²) in [6.45, 7) is 6.97. The number of halogens is 3. The molecule has 2 aromatic rings. The Morgan fingerprint density at radius 2 is 1.93 bits per heavy atom. The number of benzene rings is 1. The average Bonchev–Trinajstić information content (AvgIpc) is 3.21. The number of carbonyl (C=O) groups is 2. The van der Waals surface area contributed by atoms with E-state index in [-0.39, 0.29) is 17.9 Å². The lowest BCUT2D eigenvalue weighted by atomic mass is 10.1. The molecule has 0 aliphatic carbocycles. The normalized spacial score (nSPS) is 16.9. The van der Waals surface area contributed by atoms with Gasteiger partial charge in [-0.3, -0.25) is 4.79 Å². The minimum absolute atomic E-state index is 0.178. The van der Waals surface area contributed by atoms with Gasteiger partial charge in [0.15, 0.2) is 0 Å². The Morgan fingerprint density at radius 1 is 1.32 bits per heavy atom. The number of imidazole rings is 1. The number of carboxylic acids is 1. The van der Waals surface area contributed by atoms with Crippen LogP contribution in [0.25, 0.3) is 11.3 Å². The number of likely N-dealkylation sites (tertiary alicyclic amines) is 1. The summed E-state index contributed by atoms with van der Waals surface area (Å²) < 4.78 is 31.7. The number of carbonyl (C=O) groups excluding carboxylic acids is 1. The molecular formula is C19H22F3N3O3. The lowest BCUT2D eigenvalue weighted by Crippen LogP contribution is -2.31. The van der Waals surface area contributed by atoms with Gasteiger partial charge in [0.05, 0.1) is 11.9 Å². The van der Waals surface area contributed by atoms with Gasteiger partial charge in [0.2, 0.25) is 5.91 Å². The number of nitrogens with one attached hydrogen (secondary N) is 1. The molecular weight excluding hydrogens is 375 g/mol. The second-order valence-electron chi connectivity index (χ2n) is 6.84. The van der Waals surface area contributed by atoms with E-state index < -0.39 is 12.1 Å². The highest BCUT2D eigenvalue weighted by Crippen LogP contribution is 2.29. The highest BCUT2D eigenvalue weighted by Gasteiger charge is 2.38. The summed E-state index contributed by atoms with van der Waals surface area (Å²) >= 11 is 0. The van der Waals surface area contributed by atoms with Gasteiger partial charge in [-0.15, -0.1) is 0 Å². The predicted octanol–water partition coefficient (Wildman–Crippen LogP) is 3.74. The molecule has 6 nitrogen and oxygen atoms in total. The summed E-state index contributed by atoms with van der Waals surface area (Å²) in [5, 5.41) is 7.12. The molecule has 1 atom stereocenters. The molecule has 152 valence electrons. The fourth-order valence-corrected chi connectivity index (χ4v) is 2.97. The first-order chi connectivity index (χ1) is 13.0. The van der Waals surface area contributed by atoms with Gasteiger partial charge < -0.3 is 15.0 Å². The number of hydrogen-bond acceptors (Lipinski definition) is 3. The third-order valence-corrected chi connectivity index (χ3v) is 4.44. The molecule has 1 aromatic carbocycles. The van der Waals surface area contributed by atoms with Crippen LogP contribution in [0, 0.1) is 6.92 Å². The second-order valence-corrected chi connectivity index (χ2v) is 6.84. The van der Waals surface area contributed by atoms with E-state index in [1.54, 1.807) is 0 Å². The quantitative estimate of drug-likeness (QED) is 0.826. The molecule has 0 saturated carbocycles. The van der Waals surface area contributed by atoms with Gasteiger partial charge in [0, 0.05) is 30.5 Å². The maximum Gasteiger partial charge on any atom is 0.490 e. The van der Waals surface area contributed by atoms with Crippen molar-refractivity contribution in [2.75, 3.05) is 6.54 Å². The molecule has 0 bridgehead atoms. The number of nitrogens with zero attached hydrogens (tertiary/aromatic N) is 2. The van der Waals surface area contributed by atoms with Crippen molar-refractivity contribution in [1.82, 2.24) is 14.9 Å². The third-order valence-electron chi connectivity index (χ3n) is 4.44. The Labute approximate surface area is 160 Å². The van der Waals surface area contributed by atoms with Crippen LogP contribution in [0.1, 0.15) is 37.6 Å². The highest BCUT2D eigenvalue weighted by atomic mass is 19.4. The Kier molecular flexibility index (Phi) is 6.48. The van der Waals surface area contributed by atoms with E-state index in [0.29, 0.717) is 6.42 Å². The first-order valence-corrected chi connectivity index (χ1v) is 8.71. The summed E-state index contributed by atoms with van der Waals surface area (Å²) in [5.74, 6) is -1.43. The molecule has 1 unspecified atom stereocenters. The fraction of sp³-hybridized carbons (Fsp3) is 0.421. The standard InChI is InChI=1S/C17H21N3O.C2HF3O2/c1-11(2)20-10-13(8-16(20)21)17-18-9-15(19-17)14-7-5-4-6-12(14)3;3-2(4,5)1(6)7/h4-7,9,11,13H,8,10H2,1-3H3,(H,18,19);(H,6,7). The van der Waals surface area contributed by atoms with E-state index in [1.165, 1.54) is 11.1 Å². The van der Waals surface area contributed by atoms with E-state index in [2.05, 4.69) is 42.9 Å². The number of aryl methyl sites for hydroxylation is 1. The van der Waals surface area contributed by atoms with Crippen LogP contribution in [0.3, 0.4) is 0 Å². The van der Waals surface area contributed by atoms with Crippen molar-refractivity contribution in [3.63, 3.8) is 0 Å². The maximum absolute atomic E-state index is 12.0. The molecule has 1 amide bonds. The molecule has 2 N–H and O–H groups in total. The fourth-order valence-electron chi connectivity index (χ4n) is 2.97. The minimum atomic E-state index is -5.08. The zero-order valence-electron chi connectivity index (χ0n) is 15.7. The van der Waals surface area contributed by atoms with Gasteiger partial charge in [-0.2, -0.15) is 13.2 Å². The van der Waals surface area contributed by atoms with Crippen molar-refractivity contribution < 1.29 is 27.9 Å². The van der Waals surface area contributed by atoms with E-state index in [0.717, 1.165) is 18.1 Å². The SMILES string of the molecule is Cc1ccccc1-c1cnc(C2CC(=O)N(C(C)C)C2)[nH]1.O=C(O)C(F)(F)F. The summed E-state index contributed by atoms with van der Waals surface area (Å²) in [6.07, 6.45) is -2.65. The number of carboxylic acid groups (broad SMARTS) is 1. The smallest absolute Gasteiger partial charge is 0.475 e. The summed E-state index contributed by atoms with van der Waals surface area (Å²) in [5.41, 5.74) is 3.42. The van der Waals surface area contributed by atoms with Gasteiger partial charge >= 0.3 is 12.1 Å². The van der Waals surface area contributed by atoms with Crippen LogP contribution in [0.5, 0.6) is 0 Å². The molecule has 9 heteroatoms. The molecule has 1 aliphatic heterocycles. The third kappa shape index (κ3) is 5.11. The van der Waals surface area contributed by atoms with E-state index in [9.17, 15) is 18.0 Å². The predicted molar refractivity (Wildman–Crippen MR) is 96.7 cm³/mol. The van der Waals surface area contributed by atoms with Crippen molar-refractivity contribution in [3.8, 4) is 11.3 Å². The number of rotatable bonds is 3. The number of hydrogen-bond donors (Lipinski definition) is 2. The molecule has 1 saturated heterocycles. The van der Waals surface area contributed by atoms with Crippen LogP contribution in [-0.4, -0.2) is 50.6 Å². The van der Waals surface area contributed by atoms with Crippen molar-refractivity contribution in [2.45, 2.75) is 45.3 Å². The van der Waals surface area contributed by atoms with Crippen LogP contribution in [0.2, 0.25) is 0 Å². The largest absolute Gasteiger partial charge is 0.490 e. The van der Waals surface area contributed by atoms with E-state index in [4.69, 9.17) is 9.90 Å². The number of H-pyrrole nitrogens is 1. The maximum atomic E-state index is 12.0. The Hall–Kier alpha value is -2.84. The van der Waals surface area contributed by atoms with Crippen LogP contribution < -0.4 is 0 Å².